The summed E-state index contributed by atoms with van der Waals surface area (Å²) in [5.41, 5.74) is 1.57. The molecule has 1 unspecified atom stereocenters. The Kier molecular flexibility index (Phi) is 6.33. The van der Waals surface area contributed by atoms with E-state index in [1.54, 1.807) is 0 Å². The van der Waals surface area contributed by atoms with E-state index in [0.29, 0.717) is 23.7 Å². The zero-order chi connectivity index (χ0) is 20.2. The zero-order valence-corrected chi connectivity index (χ0v) is 17.7. The van der Waals surface area contributed by atoms with Crippen molar-refractivity contribution in [2.75, 3.05) is 17.7 Å². The molecule has 2 heterocycles. The lowest BCUT2D eigenvalue weighted by Crippen LogP contribution is -2.21. The number of carbonyl (C=O) groups excluding carboxylic acids is 1. The van der Waals surface area contributed by atoms with E-state index in [2.05, 4.69) is 17.3 Å². The molecule has 1 fully saturated rings. The van der Waals surface area contributed by atoms with Crippen molar-refractivity contribution >= 4 is 23.5 Å². The van der Waals surface area contributed by atoms with Crippen LogP contribution in [0.4, 0.5) is 5.82 Å². The smallest absolute Gasteiger partial charge is 0.270 e. The Morgan fingerprint density at radius 1 is 1.14 bits per heavy atom. The van der Waals surface area contributed by atoms with Crippen molar-refractivity contribution in [2.24, 2.45) is 0 Å². The van der Waals surface area contributed by atoms with Gasteiger partial charge in [0.25, 0.3) is 5.56 Å². The van der Waals surface area contributed by atoms with Crippen LogP contribution in [0.3, 0.4) is 0 Å². The van der Waals surface area contributed by atoms with E-state index in [9.17, 15) is 9.59 Å². The maximum Gasteiger partial charge on any atom is 0.270 e. The zero-order valence-electron chi connectivity index (χ0n) is 16.9. The van der Waals surface area contributed by atoms with Crippen LogP contribution < -0.4 is 15.6 Å². The first kappa shape index (κ1) is 20.1. The highest BCUT2D eigenvalue weighted by molar-refractivity contribution is 8.00. The fourth-order valence-electron chi connectivity index (χ4n) is 4.19. The van der Waals surface area contributed by atoms with Crippen molar-refractivity contribution in [3.05, 3.63) is 45.7 Å². The number of hydrogen-bond acceptors (Lipinski definition) is 4. The number of aromatic nitrogens is 2. The second-order valence-electron chi connectivity index (χ2n) is 7.88. The van der Waals surface area contributed by atoms with Crippen LogP contribution in [0.2, 0.25) is 0 Å². The number of benzene rings is 1. The number of unbranched alkanes of at least 4 members (excludes halogenated alkanes) is 1. The standard InChI is InChI=1S/C22H29N3O3S/c1-2-3-13-28-17-11-9-15(10-12-17)20-19-21(23-18(26)14-29-20)25(24-22(19)27)16-7-5-4-6-8-16/h9-12,16,20H,2-8,13-14H2,1H3,(H,23,26)(H,24,27). The number of thioether (sulfide) groups is 1. The van der Waals surface area contributed by atoms with E-state index in [1.807, 2.05) is 28.9 Å². The van der Waals surface area contributed by atoms with Gasteiger partial charge in [-0.15, -0.1) is 11.8 Å². The van der Waals surface area contributed by atoms with E-state index in [0.717, 1.165) is 49.8 Å². The number of amides is 1. The Balaban J connectivity index is 1.65. The number of carbonyl (C=O) groups is 1. The van der Waals surface area contributed by atoms with Gasteiger partial charge >= 0.3 is 0 Å². The third-order valence-electron chi connectivity index (χ3n) is 5.75. The van der Waals surface area contributed by atoms with Gasteiger partial charge < -0.3 is 10.1 Å². The molecule has 1 saturated carbocycles. The van der Waals surface area contributed by atoms with Gasteiger partial charge in [0.15, 0.2) is 0 Å². The lowest BCUT2D eigenvalue weighted by molar-refractivity contribution is -0.113. The molecule has 0 saturated heterocycles. The highest BCUT2D eigenvalue weighted by Gasteiger charge is 2.32. The normalized spacial score (nSPS) is 20.0. The van der Waals surface area contributed by atoms with Crippen LogP contribution in [0.15, 0.2) is 29.1 Å². The summed E-state index contributed by atoms with van der Waals surface area (Å²) in [4.78, 5) is 25.3. The van der Waals surface area contributed by atoms with Gasteiger partial charge in [-0.2, -0.15) is 0 Å². The number of hydrogen-bond donors (Lipinski definition) is 2. The number of nitrogens with one attached hydrogen (secondary N) is 2. The van der Waals surface area contributed by atoms with Gasteiger partial charge in [0, 0.05) is 0 Å². The summed E-state index contributed by atoms with van der Waals surface area (Å²) in [6, 6.07) is 8.18. The molecule has 4 rings (SSSR count). The molecule has 0 spiro atoms. The minimum Gasteiger partial charge on any atom is -0.494 e. The molecule has 29 heavy (non-hydrogen) atoms. The van der Waals surface area contributed by atoms with Crippen molar-refractivity contribution < 1.29 is 9.53 Å². The molecule has 0 radical (unpaired) electrons. The van der Waals surface area contributed by atoms with Crippen LogP contribution in [0.5, 0.6) is 5.75 Å². The lowest BCUT2D eigenvalue weighted by atomic mass is 9.95. The van der Waals surface area contributed by atoms with Gasteiger partial charge in [0.1, 0.15) is 11.6 Å². The summed E-state index contributed by atoms with van der Waals surface area (Å²) in [5.74, 6) is 1.77. The summed E-state index contributed by atoms with van der Waals surface area (Å²) < 4.78 is 7.69. The number of H-pyrrole nitrogens is 1. The second kappa shape index (κ2) is 9.11. The molecule has 1 atom stereocenters. The number of ether oxygens (including phenoxy) is 1. The van der Waals surface area contributed by atoms with E-state index in [4.69, 9.17) is 4.74 Å². The van der Waals surface area contributed by atoms with E-state index >= 15 is 0 Å². The predicted molar refractivity (Wildman–Crippen MR) is 117 cm³/mol. The Labute approximate surface area is 175 Å². The molecule has 1 aromatic heterocycles. The van der Waals surface area contributed by atoms with E-state index < -0.39 is 0 Å². The molecule has 1 aliphatic carbocycles. The third kappa shape index (κ3) is 4.39. The van der Waals surface area contributed by atoms with Gasteiger partial charge in [-0.05, 0) is 37.0 Å². The average molecular weight is 416 g/mol. The highest BCUT2D eigenvalue weighted by atomic mass is 32.2. The lowest BCUT2D eigenvalue weighted by Gasteiger charge is -2.24. The summed E-state index contributed by atoms with van der Waals surface area (Å²) in [5, 5.41) is 5.85. The fourth-order valence-corrected chi connectivity index (χ4v) is 5.32. The van der Waals surface area contributed by atoms with Gasteiger partial charge in [0.2, 0.25) is 5.91 Å². The van der Waals surface area contributed by atoms with Crippen molar-refractivity contribution in [1.82, 2.24) is 9.78 Å². The summed E-state index contributed by atoms with van der Waals surface area (Å²) in [7, 11) is 0. The molecule has 1 aliphatic heterocycles. The van der Waals surface area contributed by atoms with Gasteiger partial charge in [0.05, 0.1) is 29.2 Å². The van der Waals surface area contributed by atoms with E-state index in [1.165, 1.54) is 18.2 Å². The Hall–Kier alpha value is -2.15. The maximum absolute atomic E-state index is 12.9. The van der Waals surface area contributed by atoms with Crippen LogP contribution in [0, 0.1) is 0 Å². The molecule has 1 amide bonds. The topological polar surface area (TPSA) is 76.1 Å². The maximum atomic E-state index is 12.9. The van der Waals surface area contributed by atoms with Gasteiger partial charge in [-0.25, -0.2) is 0 Å². The minimum absolute atomic E-state index is 0.0539. The van der Waals surface area contributed by atoms with Crippen LogP contribution in [0.25, 0.3) is 0 Å². The molecular formula is C22H29N3O3S. The molecule has 6 nitrogen and oxygen atoms in total. The van der Waals surface area contributed by atoms with Crippen molar-refractivity contribution in [2.45, 2.75) is 63.2 Å². The van der Waals surface area contributed by atoms with Crippen LogP contribution >= 0.6 is 11.8 Å². The average Bonchev–Trinajstić information content (AvgIpc) is 2.95. The quantitative estimate of drug-likeness (QED) is 0.674. The number of aromatic amines is 1. The Morgan fingerprint density at radius 3 is 2.62 bits per heavy atom. The van der Waals surface area contributed by atoms with Crippen molar-refractivity contribution in [1.29, 1.82) is 0 Å². The molecule has 0 bridgehead atoms. The molecule has 2 aromatic rings. The number of anilines is 1. The van der Waals surface area contributed by atoms with Crippen molar-refractivity contribution in [3.63, 3.8) is 0 Å². The second-order valence-corrected chi connectivity index (χ2v) is 8.97. The van der Waals surface area contributed by atoms with Gasteiger partial charge in [-0.1, -0.05) is 44.7 Å². The highest BCUT2D eigenvalue weighted by Crippen LogP contribution is 2.42. The molecule has 7 heteroatoms. The van der Waals surface area contributed by atoms with Gasteiger partial charge in [-0.3, -0.25) is 19.4 Å². The van der Waals surface area contributed by atoms with Crippen molar-refractivity contribution in [3.8, 4) is 5.75 Å². The van der Waals surface area contributed by atoms with Crippen LogP contribution in [-0.2, 0) is 4.79 Å². The molecule has 2 aliphatic rings. The molecule has 2 N–H and O–H groups in total. The molecule has 1 aromatic carbocycles. The van der Waals surface area contributed by atoms with E-state index in [-0.39, 0.29) is 22.8 Å². The Bertz CT molecular complexity index is 897. The molecular weight excluding hydrogens is 386 g/mol. The summed E-state index contributed by atoms with van der Waals surface area (Å²) in [6.45, 7) is 2.85. The number of nitrogens with zero attached hydrogens (tertiary/aromatic N) is 1. The monoisotopic (exact) mass is 415 g/mol. The molecule has 156 valence electrons. The van der Waals surface area contributed by atoms with Crippen LogP contribution in [-0.4, -0.2) is 28.0 Å². The first-order chi connectivity index (χ1) is 14.2. The minimum atomic E-state index is -0.178. The fraction of sp³-hybridized carbons (Fsp3) is 0.545. The first-order valence-corrected chi connectivity index (χ1v) is 11.7. The summed E-state index contributed by atoms with van der Waals surface area (Å²) >= 11 is 1.50. The number of fused-ring (bicyclic) bond motifs is 1. The SMILES string of the molecule is CCCCOc1ccc(C2SCC(=O)Nc3c2c(=O)[nH]n3C2CCCCC2)cc1. The number of rotatable bonds is 6. The first-order valence-electron chi connectivity index (χ1n) is 10.7. The largest absolute Gasteiger partial charge is 0.494 e. The Morgan fingerprint density at radius 2 is 1.90 bits per heavy atom. The summed E-state index contributed by atoms with van der Waals surface area (Å²) in [6.07, 6.45) is 7.75. The van der Waals surface area contributed by atoms with Crippen LogP contribution in [0.1, 0.15) is 74.3 Å². The third-order valence-corrected chi connectivity index (χ3v) is 7.02. The predicted octanol–water partition coefficient (Wildman–Crippen LogP) is 4.64.